The maximum absolute atomic E-state index is 12.4. The van der Waals surface area contributed by atoms with Crippen molar-refractivity contribution >= 4 is 29.9 Å². The Hall–Kier alpha value is -2.14. The van der Waals surface area contributed by atoms with E-state index >= 15 is 0 Å². The van der Waals surface area contributed by atoms with E-state index < -0.39 is 5.91 Å². The van der Waals surface area contributed by atoms with Crippen molar-refractivity contribution in [2.45, 2.75) is 38.0 Å². The van der Waals surface area contributed by atoms with E-state index in [4.69, 9.17) is 5.41 Å². The summed E-state index contributed by atoms with van der Waals surface area (Å²) in [7, 11) is 0. The molecule has 0 radical (unpaired) electrons. The number of amides is 1. The summed E-state index contributed by atoms with van der Waals surface area (Å²) < 4.78 is 0. The molecule has 0 unspecified atom stereocenters. The highest BCUT2D eigenvalue weighted by Crippen LogP contribution is 2.25. The molecule has 0 spiro atoms. The first-order valence-corrected chi connectivity index (χ1v) is 8.09. The third kappa shape index (κ3) is 3.15. The molecule has 1 aromatic carbocycles. The molecule has 118 valence electrons. The van der Waals surface area contributed by atoms with E-state index in [-0.39, 0.29) is 5.71 Å². The molecule has 0 atom stereocenters. The molecule has 1 aliphatic rings. The Morgan fingerprint density at radius 1 is 1.22 bits per heavy atom. The van der Waals surface area contributed by atoms with Crippen LogP contribution in [0.4, 0.5) is 5.69 Å². The SMILES string of the molecule is Cc1cc(C)c(S)c(C(=N)C(=O)Nc2ccc3c(c2)CCC3)n1. The Labute approximate surface area is 141 Å². The van der Waals surface area contributed by atoms with Crippen LogP contribution in [0.3, 0.4) is 0 Å². The molecule has 1 aliphatic carbocycles. The van der Waals surface area contributed by atoms with Gasteiger partial charge in [0.1, 0.15) is 11.4 Å². The second-order valence-corrected chi connectivity index (χ2v) is 6.39. The quantitative estimate of drug-likeness (QED) is 0.597. The van der Waals surface area contributed by atoms with Gasteiger partial charge in [0, 0.05) is 16.3 Å². The lowest BCUT2D eigenvalue weighted by Gasteiger charge is -2.11. The zero-order valence-corrected chi connectivity index (χ0v) is 14.1. The van der Waals surface area contributed by atoms with Gasteiger partial charge in [-0.2, -0.15) is 0 Å². The molecule has 0 fully saturated rings. The third-order valence-electron chi connectivity index (χ3n) is 4.13. The molecule has 0 aliphatic heterocycles. The van der Waals surface area contributed by atoms with Crippen molar-refractivity contribution in [3.05, 3.63) is 52.3 Å². The summed E-state index contributed by atoms with van der Waals surface area (Å²) in [5.41, 5.74) is 5.20. The summed E-state index contributed by atoms with van der Waals surface area (Å²) in [5.74, 6) is -0.462. The minimum Gasteiger partial charge on any atom is -0.321 e. The number of nitrogens with zero attached hydrogens (tertiary/aromatic N) is 1. The number of pyridine rings is 1. The van der Waals surface area contributed by atoms with Gasteiger partial charge in [-0.15, -0.1) is 12.6 Å². The van der Waals surface area contributed by atoms with Crippen LogP contribution in [0.25, 0.3) is 0 Å². The average molecular weight is 325 g/mol. The summed E-state index contributed by atoms with van der Waals surface area (Å²) in [6, 6.07) is 7.84. The minimum atomic E-state index is -0.462. The molecule has 0 saturated carbocycles. The highest BCUT2D eigenvalue weighted by atomic mass is 32.1. The summed E-state index contributed by atoms with van der Waals surface area (Å²) in [6.07, 6.45) is 3.32. The van der Waals surface area contributed by atoms with Crippen LogP contribution in [0.5, 0.6) is 0 Å². The predicted octanol–water partition coefficient (Wildman–Crippen LogP) is 3.48. The standard InChI is InChI=1S/C18H19N3OS/c1-10-8-11(2)20-16(17(10)23)15(19)18(22)21-14-7-6-12-4-3-5-13(12)9-14/h6-9,19,23H,3-5H2,1-2H3,(H,21,22). The molecule has 23 heavy (non-hydrogen) atoms. The summed E-state index contributed by atoms with van der Waals surface area (Å²) in [4.78, 5) is 17.2. The first-order valence-electron chi connectivity index (χ1n) is 7.65. The number of benzene rings is 1. The Bertz CT molecular complexity index is 814. The Morgan fingerprint density at radius 3 is 2.74 bits per heavy atom. The van der Waals surface area contributed by atoms with Crippen LogP contribution in [0, 0.1) is 19.3 Å². The lowest BCUT2D eigenvalue weighted by atomic mass is 10.1. The third-order valence-corrected chi connectivity index (χ3v) is 4.70. The van der Waals surface area contributed by atoms with Gasteiger partial charge in [0.05, 0.1) is 0 Å². The molecule has 2 aromatic rings. The molecule has 3 rings (SSSR count). The fourth-order valence-electron chi connectivity index (χ4n) is 2.96. The molecule has 1 aromatic heterocycles. The van der Waals surface area contributed by atoms with Gasteiger partial charge in [0.25, 0.3) is 5.91 Å². The highest BCUT2D eigenvalue weighted by Gasteiger charge is 2.19. The maximum Gasteiger partial charge on any atom is 0.275 e. The molecule has 2 N–H and O–H groups in total. The highest BCUT2D eigenvalue weighted by molar-refractivity contribution is 7.80. The van der Waals surface area contributed by atoms with Crippen molar-refractivity contribution in [2.75, 3.05) is 5.32 Å². The Kier molecular flexibility index (Phi) is 4.22. The zero-order valence-electron chi connectivity index (χ0n) is 13.2. The van der Waals surface area contributed by atoms with Crippen molar-refractivity contribution in [2.24, 2.45) is 0 Å². The fourth-order valence-corrected chi connectivity index (χ4v) is 3.18. The number of hydrogen-bond donors (Lipinski definition) is 3. The van der Waals surface area contributed by atoms with Crippen LogP contribution in [0.2, 0.25) is 0 Å². The number of fused-ring (bicyclic) bond motifs is 1. The van der Waals surface area contributed by atoms with Gasteiger partial charge in [-0.25, -0.2) is 0 Å². The molecular weight excluding hydrogens is 306 g/mol. The fraction of sp³-hybridized carbons (Fsp3) is 0.278. The second-order valence-electron chi connectivity index (χ2n) is 5.94. The molecule has 0 saturated heterocycles. The van der Waals surface area contributed by atoms with E-state index in [9.17, 15) is 4.79 Å². The molecule has 5 heteroatoms. The predicted molar refractivity (Wildman–Crippen MR) is 94.9 cm³/mol. The number of aromatic nitrogens is 1. The normalized spacial score (nSPS) is 12.8. The first-order chi connectivity index (χ1) is 11.0. The van der Waals surface area contributed by atoms with Crippen molar-refractivity contribution in [1.82, 2.24) is 4.98 Å². The van der Waals surface area contributed by atoms with Crippen LogP contribution >= 0.6 is 12.6 Å². The number of rotatable bonds is 3. The zero-order chi connectivity index (χ0) is 16.6. The molecule has 1 heterocycles. The average Bonchev–Trinajstić information content (AvgIpc) is 2.97. The van der Waals surface area contributed by atoms with Gasteiger partial charge in [0.15, 0.2) is 0 Å². The van der Waals surface area contributed by atoms with Gasteiger partial charge in [-0.1, -0.05) is 6.07 Å². The largest absolute Gasteiger partial charge is 0.321 e. The lowest BCUT2D eigenvalue weighted by Crippen LogP contribution is -2.24. The van der Waals surface area contributed by atoms with Gasteiger partial charge in [-0.3, -0.25) is 15.2 Å². The molecule has 0 bridgehead atoms. The van der Waals surface area contributed by atoms with Crippen LogP contribution < -0.4 is 5.32 Å². The van der Waals surface area contributed by atoms with Crippen molar-refractivity contribution in [3.8, 4) is 0 Å². The van der Waals surface area contributed by atoms with Crippen molar-refractivity contribution < 1.29 is 4.79 Å². The number of thiol groups is 1. The minimum absolute atomic E-state index is 0.165. The topological polar surface area (TPSA) is 65.8 Å². The second kappa shape index (κ2) is 6.16. The van der Waals surface area contributed by atoms with Crippen molar-refractivity contribution in [1.29, 1.82) is 5.41 Å². The summed E-state index contributed by atoms with van der Waals surface area (Å²) in [6.45, 7) is 3.74. The molecular formula is C18H19N3OS. The van der Waals surface area contributed by atoms with Gasteiger partial charge < -0.3 is 5.32 Å². The molecule has 4 nitrogen and oxygen atoms in total. The summed E-state index contributed by atoms with van der Waals surface area (Å²) in [5, 5.41) is 10.9. The van der Waals surface area contributed by atoms with E-state index in [0.717, 1.165) is 36.2 Å². The summed E-state index contributed by atoms with van der Waals surface area (Å²) >= 11 is 4.39. The van der Waals surface area contributed by atoms with Crippen LogP contribution in [0.15, 0.2) is 29.2 Å². The number of hydrogen-bond acceptors (Lipinski definition) is 4. The van der Waals surface area contributed by atoms with E-state index in [0.29, 0.717) is 10.6 Å². The van der Waals surface area contributed by atoms with E-state index in [1.807, 2.05) is 32.0 Å². The van der Waals surface area contributed by atoms with Crippen molar-refractivity contribution in [3.63, 3.8) is 0 Å². The molecule has 1 amide bonds. The number of carbonyl (C=O) groups excluding carboxylic acids is 1. The Balaban J connectivity index is 1.82. The van der Waals surface area contributed by atoms with E-state index in [1.54, 1.807) is 0 Å². The number of nitrogens with one attached hydrogen (secondary N) is 2. The van der Waals surface area contributed by atoms with E-state index in [1.165, 1.54) is 11.1 Å². The number of carbonyl (C=O) groups is 1. The van der Waals surface area contributed by atoms with Crippen LogP contribution in [-0.2, 0) is 17.6 Å². The number of aryl methyl sites for hydroxylation is 4. The van der Waals surface area contributed by atoms with E-state index in [2.05, 4.69) is 29.0 Å². The number of anilines is 1. The Morgan fingerprint density at radius 2 is 1.96 bits per heavy atom. The van der Waals surface area contributed by atoms with Crippen LogP contribution in [0.1, 0.15) is 34.5 Å². The van der Waals surface area contributed by atoms with Gasteiger partial charge in [-0.05, 0) is 68.0 Å². The smallest absolute Gasteiger partial charge is 0.275 e. The first kappa shape index (κ1) is 15.7. The van der Waals surface area contributed by atoms with Crippen LogP contribution in [-0.4, -0.2) is 16.6 Å². The van der Waals surface area contributed by atoms with Gasteiger partial charge >= 0.3 is 0 Å². The maximum atomic E-state index is 12.4. The monoisotopic (exact) mass is 325 g/mol. The van der Waals surface area contributed by atoms with Gasteiger partial charge in [0.2, 0.25) is 0 Å². The lowest BCUT2D eigenvalue weighted by molar-refractivity contribution is -0.110.